The number of carboxylic acid groups (broad SMARTS) is 1. The van der Waals surface area contributed by atoms with Crippen LogP contribution in [0.5, 0.6) is 0 Å². The average molecular weight is 477 g/mol. The summed E-state index contributed by atoms with van der Waals surface area (Å²) in [5, 5.41) is 15.1. The number of carbonyl (C=O) groups excluding carboxylic acids is 2. The Bertz CT molecular complexity index is 1100. The molecule has 3 aliphatic carbocycles. The lowest BCUT2D eigenvalue weighted by Crippen LogP contribution is -2.60. The number of hydrogen-bond donors (Lipinski definition) is 3. The van der Waals surface area contributed by atoms with E-state index in [-0.39, 0.29) is 42.7 Å². The summed E-state index contributed by atoms with van der Waals surface area (Å²) in [5.74, 6) is -1.19. The molecule has 35 heavy (non-hydrogen) atoms. The monoisotopic (exact) mass is 476 g/mol. The van der Waals surface area contributed by atoms with Crippen LogP contribution in [0.15, 0.2) is 48.5 Å². The van der Waals surface area contributed by atoms with Gasteiger partial charge in [-0.25, -0.2) is 4.79 Å². The molecule has 7 nitrogen and oxygen atoms in total. The van der Waals surface area contributed by atoms with Crippen molar-refractivity contribution in [3.05, 3.63) is 59.7 Å². The minimum absolute atomic E-state index is 0.0438. The van der Waals surface area contributed by atoms with Gasteiger partial charge < -0.3 is 20.5 Å². The first kappa shape index (κ1) is 23.4. The topological polar surface area (TPSA) is 105 Å². The molecule has 0 aromatic heterocycles. The van der Waals surface area contributed by atoms with Crippen LogP contribution in [0.2, 0.25) is 0 Å². The maximum absolute atomic E-state index is 13.3. The largest absolute Gasteiger partial charge is 0.481 e. The number of carbonyl (C=O) groups is 3. The minimum atomic E-state index is -1.08. The molecule has 2 aromatic rings. The molecule has 5 rings (SSSR count). The second kappa shape index (κ2) is 9.36. The van der Waals surface area contributed by atoms with E-state index < -0.39 is 17.6 Å². The molecule has 3 atom stereocenters. The van der Waals surface area contributed by atoms with E-state index >= 15 is 0 Å². The predicted octanol–water partition coefficient (Wildman–Crippen LogP) is 4.45. The van der Waals surface area contributed by atoms with Gasteiger partial charge in [-0.3, -0.25) is 9.59 Å². The molecule has 2 aromatic carbocycles. The fraction of sp³-hybridized carbons (Fsp3) is 0.464. The first-order valence-electron chi connectivity index (χ1n) is 12.5. The summed E-state index contributed by atoms with van der Waals surface area (Å²) in [6.07, 6.45) is 3.60. The van der Waals surface area contributed by atoms with Crippen LogP contribution >= 0.6 is 0 Å². The Hall–Kier alpha value is -3.35. The van der Waals surface area contributed by atoms with E-state index in [0.29, 0.717) is 0 Å². The number of hydrogen-bond acceptors (Lipinski definition) is 4. The summed E-state index contributed by atoms with van der Waals surface area (Å²) in [6, 6.07) is 16.1. The van der Waals surface area contributed by atoms with Crippen LogP contribution in [0.25, 0.3) is 11.1 Å². The Labute approximate surface area is 205 Å². The lowest BCUT2D eigenvalue weighted by Gasteiger charge is -2.32. The molecule has 3 N–H and O–H groups in total. The lowest BCUT2D eigenvalue weighted by molar-refractivity contribution is -0.138. The summed E-state index contributed by atoms with van der Waals surface area (Å²) in [7, 11) is 0. The first-order chi connectivity index (χ1) is 16.9. The molecule has 3 aliphatic rings. The summed E-state index contributed by atoms with van der Waals surface area (Å²) in [4.78, 5) is 37.5. The van der Waals surface area contributed by atoms with Gasteiger partial charge in [0, 0.05) is 12.0 Å². The highest BCUT2D eigenvalue weighted by molar-refractivity contribution is 5.90. The van der Waals surface area contributed by atoms with Crippen molar-refractivity contribution in [3.8, 4) is 11.1 Å². The highest BCUT2D eigenvalue weighted by Gasteiger charge is 2.49. The van der Waals surface area contributed by atoms with Gasteiger partial charge in [0.25, 0.3) is 0 Å². The third-order valence-corrected chi connectivity index (χ3v) is 7.98. The maximum atomic E-state index is 13.3. The van der Waals surface area contributed by atoms with Gasteiger partial charge in [-0.1, -0.05) is 55.0 Å². The Balaban J connectivity index is 1.24. The quantitative estimate of drug-likeness (QED) is 0.522. The molecule has 0 radical (unpaired) electrons. The third kappa shape index (κ3) is 4.64. The van der Waals surface area contributed by atoms with Gasteiger partial charge in [-0.2, -0.15) is 0 Å². The summed E-state index contributed by atoms with van der Waals surface area (Å²) < 4.78 is 5.70. The summed E-state index contributed by atoms with van der Waals surface area (Å²) in [6.45, 7) is 1.94. The van der Waals surface area contributed by atoms with Crippen molar-refractivity contribution in [3.63, 3.8) is 0 Å². The Kier molecular flexibility index (Phi) is 6.26. The second-order valence-corrected chi connectivity index (χ2v) is 10.3. The van der Waals surface area contributed by atoms with Crippen LogP contribution in [-0.4, -0.2) is 41.3 Å². The first-order valence-corrected chi connectivity index (χ1v) is 12.5. The number of benzene rings is 2. The molecule has 0 aliphatic heterocycles. The Morgan fingerprint density at radius 3 is 2.20 bits per heavy atom. The number of aliphatic carboxylic acids is 1. The van der Waals surface area contributed by atoms with Crippen molar-refractivity contribution in [2.75, 3.05) is 6.61 Å². The zero-order valence-electron chi connectivity index (χ0n) is 20.0. The van der Waals surface area contributed by atoms with Crippen molar-refractivity contribution in [2.45, 2.75) is 62.9 Å². The van der Waals surface area contributed by atoms with E-state index in [1.54, 1.807) is 6.92 Å². The van der Waals surface area contributed by atoms with Crippen molar-refractivity contribution < 1.29 is 24.2 Å². The molecule has 2 amide bonds. The fourth-order valence-electron chi connectivity index (χ4n) is 5.87. The highest BCUT2D eigenvalue weighted by Crippen LogP contribution is 2.45. The summed E-state index contributed by atoms with van der Waals surface area (Å²) >= 11 is 0. The van der Waals surface area contributed by atoms with E-state index in [1.807, 2.05) is 24.3 Å². The van der Waals surface area contributed by atoms with Gasteiger partial charge in [0.05, 0.1) is 6.42 Å². The van der Waals surface area contributed by atoms with Crippen molar-refractivity contribution in [2.24, 2.45) is 11.8 Å². The molecule has 3 unspecified atom stereocenters. The molecule has 0 heterocycles. The molecule has 2 saturated carbocycles. The summed E-state index contributed by atoms with van der Waals surface area (Å²) in [5.41, 5.74) is 3.50. The van der Waals surface area contributed by atoms with Crippen molar-refractivity contribution in [1.29, 1.82) is 0 Å². The number of nitrogens with one attached hydrogen (secondary N) is 2. The predicted molar refractivity (Wildman–Crippen MR) is 131 cm³/mol. The van der Waals surface area contributed by atoms with E-state index in [9.17, 15) is 19.5 Å². The molecular formula is C28H32N2O5. The number of rotatable bonds is 8. The molecular weight excluding hydrogens is 444 g/mol. The van der Waals surface area contributed by atoms with Gasteiger partial charge in [0.1, 0.15) is 12.1 Å². The molecule has 2 fully saturated rings. The van der Waals surface area contributed by atoms with Crippen LogP contribution in [0, 0.1) is 11.8 Å². The van der Waals surface area contributed by atoms with Crippen LogP contribution in [0.3, 0.4) is 0 Å². The van der Waals surface area contributed by atoms with Gasteiger partial charge in [-0.15, -0.1) is 0 Å². The van der Waals surface area contributed by atoms with Gasteiger partial charge in [-0.05, 0) is 66.7 Å². The third-order valence-electron chi connectivity index (χ3n) is 7.98. The van der Waals surface area contributed by atoms with E-state index in [2.05, 4.69) is 34.9 Å². The standard InChI is InChI=1S/C28H32N2O5/c1-28(18-13-14-18,26(33)29-24-12-6-7-17(24)15-25(31)32)30-27(34)35-16-23-21-10-4-2-8-19(21)20-9-3-5-11-22(20)23/h2-5,8-11,17-18,23-24H,6-7,12-16H2,1H3,(H,29,33)(H,30,34)(H,31,32). The van der Waals surface area contributed by atoms with Gasteiger partial charge in [0.15, 0.2) is 0 Å². The van der Waals surface area contributed by atoms with Crippen LogP contribution in [0.1, 0.15) is 62.5 Å². The minimum Gasteiger partial charge on any atom is -0.481 e. The number of ether oxygens (including phenoxy) is 1. The second-order valence-electron chi connectivity index (χ2n) is 10.3. The maximum Gasteiger partial charge on any atom is 0.408 e. The average Bonchev–Trinajstić information content (AvgIpc) is 3.55. The number of alkyl carbamates (subject to hydrolysis) is 1. The zero-order valence-corrected chi connectivity index (χ0v) is 20.0. The SMILES string of the molecule is CC(NC(=O)OCC1c2ccccc2-c2ccccc21)(C(=O)NC1CCCC1CC(=O)O)C1CC1. The molecule has 184 valence electrons. The molecule has 7 heteroatoms. The smallest absolute Gasteiger partial charge is 0.408 e. The van der Waals surface area contributed by atoms with Gasteiger partial charge >= 0.3 is 12.1 Å². The lowest BCUT2D eigenvalue weighted by atomic mass is 9.92. The van der Waals surface area contributed by atoms with Gasteiger partial charge in [0.2, 0.25) is 5.91 Å². The Morgan fingerprint density at radius 1 is 0.971 bits per heavy atom. The van der Waals surface area contributed by atoms with E-state index in [0.717, 1.165) is 54.4 Å². The van der Waals surface area contributed by atoms with E-state index in [1.165, 1.54) is 0 Å². The van der Waals surface area contributed by atoms with Crippen molar-refractivity contribution in [1.82, 2.24) is 10.6 Å². The number of carboxylic acids is 1. The molecule has 0 saturated heterocycles. The Morgan fingerprint density at radius 2 is 1.60 bits per heavy atom. The van der Waals surface area contributed by atoms with Crippen molar-refractivity contribution >= 4 is 18.0 Å². The van der Waals surface area contributed by atoms with Crippen LogP contribution in [0.4, 0.5) is 4.79 Å². The highest BCUT2D eigenvalue weighted by atomic mass is 16.5. The fourth-order valence-corrected chi connectivity index (χ4v) is 5.87. The normalized spacial score (nSPS) is 22.5. The molecule has 0 bridgehead atoms. The zero-order chi connectivity index (χ0) is 24.6. The number of fused-ring (bicyclic) bond motifs is 3. The number of amides is 2. The van der Waals surface area contributed by atoms with Crippen LogP contribution < -0.4 is 10.6 Å². The van der Waals surface area contributed by atoms with E-state index in [4.69, 9.17) is 4.74 Å². The van der Waals surface area contributed by atoms with Crippen LogP contribution in [-0.2, 0) is 14.3 Å². The molecule has 0 spiro atoms.